The van der Waals surface area contributed by atoms with Crippen LogP contribution in [0, 0.1) is 0 Å². The minimum atomic E-state index is -3.95. The average molecular weight is 471 g/mol. The normalized spacial score (nSPS) is 11.7. The quantitative estimate of drug-likeness (QED) is 0.544. The zero-order valence-corrected chi connectivity index (χ0v) is 19.3. The highest BCUT2D eigenvalue weighted by atomic mass is 32.3. The Morgan fingerprint density at radius 1 is 0.690 bits per heavy atom. The van der Waals surface area contributed by atoms with Crippen LogP contribution in [0.4, 0.5) is 0 Å². The molecule has 0 saturated heterocycles. The molecule has 2 aromatic rings. The Labute approximate surface area is 183 Å². The molecule has 0 fully saturated rings. The minimum absolute atomic E-state index is 0.328. The molecule has 0 aliphatic rings. The molecule has 2 aromatic carbocycles. The molecular formula is C19H22N2O4S4. The van der Waals surface area contributed by atoms with Gasteiger partial charge in [0.15, 0.2) is 24.8 Å². The van der Waals surface area contributed by atoms with Gasteiger partial charge in [0.2, 0.25) is 0 Å². The number of rotatable bonds is 8. The van der Waals surface area contributed by atoms with Crippen molar-refractivity contribution in [1.82, 2.24) is 9.80 Å². The monoisotopic (exact) mass is 470 g/mol. The Morgan fingerprint density at radius 2 is 1.00 bits per heavy atom. The van der Waals surface area contributed by atoms with Gasteiger partial charge in [-0.15, -0.1) is 0 Å². The van der Waals surface area contributed by atoms with Crippen LogP contribution in [0.1, 0.15) is 11.1 Å². The summed E-state index contributed by atoms with van der Waals surface area (Å²) in [4.78, 5) is 3.37. The first-order valence-electron chi connectivity index (χ1n) is 8.53. The smallest absolute Gasteiger partial charge is 0.182 e. The van der Waals surface area contributed by atoms with Crippen LogP contribution in [0.2, 0.25) is 0 Å². The SMILES string of the molecule is CN(CS(=O)(=O)CS(=O)(=O)CN(C)C(=S)c1ccccc1)C(=S)c1ccccc1. The van der Waals surface area contributed by atoms with E-state index in [0.717, 1.165) is 0 Å². The van der Waals surface area contributed by atoms with Gasteiger partial charge in [0.25, 0.3) is 0 Å². The molecule has 0 amide bonds. The fourth-order valence-electron chi connectivity index (χ4n) is 2.66. The van der Waals surface area contributed by atoms with Crippen molar-refractivity contribution in [2.45, 2.75) is 0 Å². The number of thiocarbonyl (C=S) groups is 2. The van der Waals surface area contributed by atoms with Crippen molar-refractivity contribution in [2.24, 2.45) is 0 Å². The van der Waals surface area contributed by atoms with Gasteiger partial charge in [-0.2, -0.15) is 0 Å². The Hall–Kier alpha value is -1.88. The molecule has 0 radical (unpaired) electrons. The van der Waals surface area contributed by atoms with Gasteiger partial charge in [-0.05, 0) is 0 Å². The van der Waals surface area contributed by atoms with Crippen molar-refractivity contribution in [2.75, 3.05) is 30.9 Å². The third-order valence-corrected chi connectivity index (χ3v) is 9.40. The molecule has 0 unspecified atom stereocenters. The summed E-state index contributed by atoms with van der Waals surface area (Å²) in [6, 6.07) is 17.9. The summed E-state index contributed by atoms with van der Waals surface area (Å²) in [6.45, 7) is 0. The lowest BCUT2D eigenvalue weighted by Gasteiger charge is -2.22. The lowest BCUT2D eigenvalue weighted by molar-refractivity contribution is 0.538. The Bertz CT molecular complexity index is 982. The summed E-state index contributed by atoms with van der Waals surface area (Å²) >= 11 is 10.6. The topological polar surface area (TPSA) is 74.8 Å². The second-order valence-electron chi connectivity index (χ2n) is 6.60. The summed E-state index contributed by atoms with van der Waals surface area (Å²) in [5.74, 6) is -0.987. The van der Waals surface area contributed by atoms with E-state index in [-0.39, 0.29) is 0 Å². The van der Waals surface area contributed by atoms with Crippen molar-refractivity contribution >= 4 is 54.1 Å². The van der Waals surface area contributed by atoms with Crippen LogP contribution in [0.25, 0.3) is 0 Å². The lowest BCUT2D eigenvalue weighted by Crippen LogP contribution is -2.37. The largest absolute Gasteiger partial charge is 0.351 e. The molecule has 0 spiro atoms. The summed E-state index contributed by atoms with van der Waals surface area (Å²) in [6.07, 6.45) is 0. The number of hydrogen-bond donors (Lipinski definition) is 0. The Balaban J connectivity index is 2.02. The molecule has 6 nitrogen and oxygen atoms in total. The Kier molecular flexibility index (Phi) is 7.87. The summed E-state index contributed by atoms with van der Waals surface area (Å²) < 4.78 is 49.9. The van der Waals surface area contributed by atoms with E-state index in [9.17, 15) is 16.8 Å². The van der Waals surface area contributed by atoms with Gasteiger partial charge in [-0.3, -0.25) is 0 Å². The first-order chi connectivity index (χ1) is 13.5. The molecule has 0 bridgehead atoms. The van der Waals surface area contributed by atoms with Crippen molar-refractivity contribution in [3.05, 3.63) is 71.8 Å². The Morgan fingerprint density at radius 3 is 1.31 bits per heavy atom. The van der Waals surface area contributed by atoms with Crippen molar-refractivity contribution in [1.29, 1.82) is 0 Å². The zero-order valence-electron chi connectivity index (χ0n) is 16.1. The van der Waals surface area contributed by atoms with E-state index in [1.165, 1.54) is 23.9 Å². The molecular weight excluding hydrogens is 448 g/mol. The minimum Gasteiger partial charge on any atom is -0.351 e. The molecule has 0 aromatic heterocycles. The molecule has 0 heterocycles. The van der Waals surface area contributed by atoms with E-state index in [0.29, 0.717) is 21.1 Å². The van der Waals surface area contributed by atoms with Crippen LogP contribution in [-0.2, 0) is 19.7 Å². The van der Waals surface area contributed by atoms with E-state index >= 15 is 0 Å². The van der Waals surface area contributed by atoms with Crippen LogP contribution >= 0.6 is 24.4 Å². The third kappa shape index (κ3) is 7.14. The third-order valence-electron chi connectivity index (χ3n) is 3.87. The second-order valence-corrected chi connectivity index (χ2v) is 11.8. The molecule has 10 heteroatoms. The van der Waals surface area contributed by atoms with Gasteiger partial charge in [-0.1, -0.05) is 85.1 Å². The first kappa shape index (κ1) is 23.4. The molecule has 29 heavy (non-hydrogen) atoms. The standard InChI is InChI=1S/C19H22N2O4S4/c1-20(18(26)16-9-5-3-6-10-16)13-28(22,23)15-29(24,25)14-21(2)19(27)17-11-7-4-8-12-17/h3-12H,13-15H2,1-2H3. The number of sulfone groups is 2. The van der Waals surface area contributed by atoms with Crippen molar-refractivity contribution < 1.29 is 16.8 Å². The van der Waals surface area contributed by atoms with Crippen LogP contribution in [-0.4, -0.2) is 67.5 Å². The summed E-state index contributed by atoms with van der Waals surface area (Å²) in [7, 11) is -4.85. The second kappa shape index (κ2) is 9.75. The van der Waals surface area contributed by atoms with E-state index in [4.69, 9.17) is 24.4 Å². The number of benzene rings is 2. The lowest BCUT2D eigenvalue weighted by atomic mass is 10.2. The van der Waals surface area contributed by atoms with Gasteiger partial charge in [0, 0.05) is 25.2 Å². The average Bonchev–Trinajstić information content (AvgIpc) is 2.66. The fraction of sp³-hybridized carbons (Fsp3) is 0.263. The predicted octanol–water partition coefficient (Wildman–Crippen LogP) is 2.30. The van der Waals surface area contributed by atoms with Crippen molar-refractivity contribution in [3.63, 3.8) is 0 Å². The zero-order chi connectivity index (χ0) is 21.7. The van der Waals surface area contributed by atoms with E-state index in [1.807, 2.05) is 12.1 Å². The van der Waals surface area contributed by atoms with Crippen LogP contribution in [0.5, 0.6) is 0 Å². The maximum absolute atomic E-state index is 12.5. The number of hydrogen-bond acceptors (Lipinski definition) is 6. The van der Waals surface area contributed by atoms with E-state index in [1.54, 1.807) is 48.5 Å². The van der Waals surface area contributed by atoms with Gasteiger partial charge in [-0.25, -0.2) is 16.8 Å². The van der Waals surface area contributed by atoms with E-state index < -0.39 is 36.5 Å². The van der Waals surface area contributed by atoms with Gasteiger partial charge in [0.1, 0.15) is 21.7 Å². The molecule has 0 aliphatic heterocycles. The van der Waals surface area contributed by atoms with Gasteiger partial charge < -0.3 is 9.80 Å². The molecule has 2 rings (SSSR count). The molecule has 156 valence electrons. The molecule has 0 atom stereocenters. The van der Waals surface area contributed by atoms with Gasteiger partial charge >= 0.3 is 0 Å². The van der Waals surface area contributed by atoms with E-state index in [2.05, 4.69) is 0 Å². The summed E-state index contributed by atoms with van der Waals surface area (Å²) in [5.41, 5.74) is 1.38. The van der Waals surface area contributed by atoms with Crippen molar-refractivity contribution in [3.8, 4) is 0 Å². The maximum Gasteiger partial charge on any atom is 0.182 e. The molecule has 0 N–H and O–H groups in total. The first-order valence-corrected chi connectivity index (χ1v) is 13.0. The molecule has 0 aliphatic carbocycles. The molecule has 0 saturated carbocycles. The highest BCUT2D eigenvalue weighted by Crippen LogP contribution is 2.10. The maximum atomic E-state index is 12.5. The van der Waals surface area contributed by atoms with Crippen LogP contribution in [0.3, 0.4) is 0 Å². The fourth-order valence-corrected chi connectivity index (χ4v) is 7.45. The summed E-state index contributed by atoms with van der Waals surface area (Å²) in [5, 5.41) is -0.983. The highest BCUT2D eigenvalue weighted by Gasteiger charge is 2.27. The number of nitrogens with zero attached hydrogens (tertiary/aromatic N) is 2. The van der Waals surface area contributed by atoms with Crippen LogP contribution < -0.4 is 0 Å². The van der Waals surface area contributed by atoms with Gasteiger partial charge in [0.05, 0.1) is 0 Å². The predicted molar refractivity (Wildman–Crippen MR) is 124 cm³/mol. The highest BCUT2D eigenvalue weighted by molar-refractivity contribution is 8.08. The van der Waals surface area contributed by atoms with Crippen LogP contribution in [0.15, 0.2) is 60.7 Å².